The molecule has 2 heterocycles. The molecule has 0 radical (unpaired) electrons. The van der Waals surface area contributed by atoms with Crippen LogP contribution in [0.4, 0.5) is 5.69 Å². The van der Waals surface area contributed by atoms with Gasteiger partial charge in [0, 0.05) is 25.0 Å². The van der Waals surface area contributed by atoms with E-state index in [0.29, 0.717) is 17.9 Å². The lowest BCUT2D eigenvalue weighted by Gasteiger charge is -2.34. The van der Waals surface area contributed by atoms with Crippen LogP contribution in [0.15, 0.2) is 6.20 Å². The third-order valence-electron chi connectivity index (χ3n) is 4.71. The lowest BCUT2D eigenvalue weighted by atomic mass is 9.84. The van der Waals surface area contributed by atoms with Gasteiger partial charge < -0.3 is 10.6 Å². The molecular formula is C16H26N4. The van der Waals surface area contributed by atoms with E-state index in [1.54, 1.807) is 0 Å². The molecule has 0 unspecified atom stereocenters. The number of anilines is 1. The molecule has 0 atom stereocenters. The van der Waals surface area contributed by atoms with E-state index in [1.807, 2.05) is 0 Å². The molecule has 2 N–H and O–H groups in total. The third-order valence-corrected chi connectivity index (χ3v) is 4.71. The zero-order chi connectivity index (χ0) is 14.1. The molecule has 4 heteroatoms. The number of hydrogen-bond donors (Lipinski definition) is 1. The van der Waals surface area contributed by atoms with Crippen LogP contribution in [0.3, 0.4) is 0 Å². The largest absolute Gasteiger partial charge is 0.369 e. The Morgan fingerprint density at radius 2 is 1.90 bits per heavy atom. The van der Waals surface area contributed by atoms with E-state index < -0.39 is 0 Å². The quantitative estimate of drug-likeness (QED) is 0.921. The van der Waals surface area contributed by atoms with Crippen molar-refractivity contribution in [1.82, 2.24) is 9.97 Å². The summed E-state index contributed by atoms with van der Waals surface area (Å²) in [6.45, 7) is 6.53. The molecule has 0 spiro atoms. The predicted octanol–water partition coefficient (Wildman–Crippen LogP) is 2.80. The zero-order valence-corrected chi connectivity index (χ0v) is 12.7. The molecule has 2 aliphatic rings. The lowest BCUT2D eigenvalue weighted by molar-refractivity contribution is 0.399. The van der Waals surface area contributed by atoms with Gasteiger partial charge in [0.25, 0.3) is 0 Å². The average molecular weight is 274 g/mol. The Hall–Kier alpha value is -1.16. The van der Waals surface area contributed by atoms with E-state index in [4.69, 9.17) is 10.7 Å². The van der Waals surface area contributed by atoms with Crippen LogP contribution in [0.2, 0.25) is 0 Å². The smallest absolute Gasteiger partial charge is 0.131 e. The molecule has 3 rings (SSSR count). The van der Waals surface area contributed by atoms with Crippen LogP contribution in [-0.2, 0) is 0 Å². The topological polar surface area (TPSA) is 55.0 Å². The second kappa shape index (κ2) is 5.68. The van der Waals surface area contributed by atoms with Gasteiger partial charge in [0.1, 0.15) is 5.82 Å². The van der Waals surface area contributed by atoms with Gasteiger partial charge in [0.2, 0.25) is 0 Å². The number of hydrogen-bond acceptors (Lipinski definition) is 4. The fourth-order valence-electron chi connectivity index (χ4n) is 3.07. The standard InChI is InChI=1S/C16H26N4/c1-11(2)15-14(20-8-6-13(17)7-9-20)10-18-16(19-15)12-4-3-5-12/h10-13H,3-9,17H2,1-2H3. The summed E-state index contributed by atoms with van der Waals surface area (Å²) < 4.78 is 0. The molecule has 1 aromatic rings. The Bertz CT molecular complexity index is 460. The second-order valence-electron chi connectivity index (χ2n) is 6.61. The Labute approximate surface area is 121 Å². The molecular weight excluding hydrogens is 248 g/mol. The number of aromatic nitrogens is 2. The van der Waals surface area contributed by atoms with E-state index >= 15 is 0 Å². The van der Waals surface area contributed by atoms with Gasteiger partial charge in [-0.2, -0.15) is 0 Å². The van der Waals surface area contributed by atoms with Crippen LogP contribution in [0.1, 0.15) is 69.3 Å². The maximum Gasteiger partial charge on any atom is 0.131 e. The summed E-state index contributed by atoms with van der Waals surface area (Å²) >= 11 is 0. The monoisotopic (exact) mass is 274 g/mol. The first kappa shape index (κ1) is 13.8. The van der Waals surface area contributed by atoms with Crippen molar-refractivity contribution in [3.8, 4) is 0 Å². The summed E-state index contributed by atoms with van der Waals surface area (Å²) in [5, 5.41) is 0. The first-order valence-corrected chi connectivity index (χ1v) is 8.02. The molecule has 1 saturated heterocycles. The van der Waals surface area contributed by atoms with Crippen molar-refractivity contribution in [2.24, 2.45) is 5.73 Å². The minimum atomic E-state index is 0.365. The SMILES string of the molecule is CC(C)c1nc(C2CCC2)ncc1N1CCC(N)CC1. The maximum atomic E-state index is 6.00. The van der Waals surface area contributed by atoms with Crippen molar-refractivity contribution in [2.75, 3.05) is 18.0 Å². The van der Waals surface area contributed by atoms with Gasteiger partial charge in [0.15, 0.2) is 0 Å². The van der Waals surface area contributed by atoms with E-state index in [0.717, 1.165) is 31.8 Å². The highest BCUT2D eigenvalue weighted by molar-refractivity contribution is 5.51. The van der Waals surface area contributed by atoms with Crippen LogP contribution < -0.4 is 10.6 Å². The first-order chi connectivity index (χ1) is 9.65. The number of rotatable bonds is 3. The minimum absolute atomic E-state index is 0.365. The minimum Gasteiger partial charge on any atom is -0.369 e. The summed E-state index contributed by atoms with van der Waals surface area (Å²) in [6.07, 6.45) is 8.05. The van der Waals surface area contributed by atoms with Crippen LogP contribution in [-0.4, -0.2) is 29.1 Å². The molecule has 4 nitrogen and oxygen atoms in total. The summed E-state index contributed by atoms with van der Waals surface area (Å²) in [4.78, 5) is 12.0. The lowest BCUT2D eigenvalue weighted by Crippen LogP contribution is -2.40. The average Bonchev–Trinajstić information content (AvgIpc) is 2.38. The van der Waals surface area contributed by atoms with E-state index in [-0.39, 0.29) is 0 Å². The molecule has 1 aromatic heterocycles. The summed E-state index contributed by atoms with van der Waals surface area (Å²) in [5.74, 6) is 2.12. The molecule has 2 fully saturated rings. The van der Waals surface area contributed by atoms with Crippen molar-refractivity contribution in [1.29, 1.82) is 0 Å². The van der Waals surface area contributed by atoms with Gasteiger partial charge in [0.05, 0.1) is 17.6 Å². The third kappa shape index (κ3) is 2.66. The highest BCUT2D eigenvalue weighted by Gasteiger charge is 2.26. The fourth-order valence-corrected chi connectivity index (χ4v) is 3.07. The molecule has 1 saturated carbocycles. The van der Waals surface area contributed by atoms with Crippen molar-refractivity contribution in [3.05, 3.63) is 17.7 Å². The van der Waals surface area contributed by atoms with Crippen molar-refractivity contribution in [3.63, 3.8) is 0 Å². The predicted molar refractivity (Wildman–Crippen MR) is 82.1 cm³/mol. The first-order valence-electron chi connectivity index (χ1n) is 8.02. The second-order valence-corrected chi connectivity index (χ2v) is 6.61. The Kier molecular flexibility index (Phi) is 3.92. The zero-order valence-electron chi connectivity index (χ0n) is 12.7. The Morgan fingerprint density at radius 1 is 1.20 bits per heavy atom. The van der Waals surface area contributed by atoms with Gasteiger partial charge in [-0.1, -0.05) is 20.3 Å². The number of nitrogens with two attached hydrogens (primary N) is 1. The normalized spacial score (nSPS) is 21.3. The summed E-state index contributed by atoms with van der Waals surface area (Å²) in [7, 11) is 0. The van der Waals surface area contributed by atoms with Gasteiger partial charge in [-0.05, 0) is 31.6 Å². The molecule has 1 aliphatic carbocycles. The van der Waals surface area contributed by atoms with Gasteiger partial charge in [-0.15, -0.1) is 0 Å². The number of piperidine rings is 1. The fraction of sp³-hybridized carbons (Fsp3) is 0.750. The van der Waals surface area contributed by atoms with E-state index in [2.05, 4.69) is 29.9 Å². The highest BCUT2D eigenvalue weighted by atomic mass is 15.2. The van der Waals surface area contributed by atoms with Gasteiger partial charge in [-0.3, -0.25) is 0 Å². The summed E-state index contributed by atoms with van der Waals surface area (Å²) in [6, 6.07) is 0.365. The van der Waals surface area contributed by atoms with Crippen LogP contribution in [0.25, 0.3) is 0 Å². The van der Waals surface area contributed by atoms with Crippen LogP contribution >= 0.6 is 0 Å². The van der Waals surface area contributed by atoms with E-state index in [9.17, 15) is 0 Å². The maximum absolute atomic E-state index is 6.00. The Balaban J connectivity index is 1.85. The molecule has 110 valence electrons. The van der Waals surface area contributed by atoms with Gasteiger partial charge >= 0.3 is 0 Å². The van der Waals surface area contributed by atoms with Crippen molar-refractivity contribution < 1.29 is 0 Å². The molecule has 1 aliphatic heterocycles. The van der Waals surface area contributed by atoms with Crippen molar-refractivity contribution >= 4 is 5.69 Å². The Morgan fingerprint density at radius 3 is 2.45 bits per heavy atom. The van der Waals surface area contributed by atoms with Crippen LogP contribution in [0.5, 0.6) is 0 Å². The molecule has 0 amide bonds. The van der Waals surface area contributed by atoms with E-state index in [1.165, 1.54) is 30.6 Å². The molecule has 20 heavy (non-hydrogen) atoms. The molecule has 0 bridgehead atoms. The summed E-state index contributed by atoms with van der Waals surface area (Å²) in [5.41, 5.74) is 8.46. The van der Waals surface area contributed by atoms with Crippen molar-refractivity contribution in [2.45, 2.75) is 63.8 Å². The van der Waals surface area contributed by atoms with Gasteiger partial charge in [-0.25, -0.2) is 9.97 Å². The highest BCUT2D eigenvalue weighted by Crippen LogP contribution is 2.36. The van der Waals surface area contributed by atoms with Crippen LogP contribution in [0, 0.1) is 0 Å². The molecule has 0 aromatic carbocycles. The number of nitrogens with zero attached hydrogens (tertiary/aromatic N) is 3.